The summed E-state index contributed by atoms with van der Waals surface area (Å²) in [7, 11) is 1.76. The predicted molar refractivity (Wildman–Crippen MR) is 100 cm³/mol. The van der Waals surface area contributed by atoms with Gasteiger partial charge in [-0.05, 0) is 43.2 Å². The van der Waals surface area contributed by atoms with Crippen molar-refractivity contribution < 1.29 is 4.79 Å². The summed E-state index contributed by atoms with van der Waals surface area (Å²) in [5.74, 6) is 1.27. The van der Waals surface area contributed by atoms with Crippen LogP contribution in [-0.4, -0.2) is 33.4 Å². The van der Waals surface area contributed by atoms with Gasteiger partial charge in [-0.3, -0.25) is 14.2 Å². The second-order valence-corrected chi connectivity index (χ2v) is 7.47. The van der Waals surface area contributed by atoms with Crippen LogP contribution in [0.2, 0.25) is 0 Å². The van der Waals surface area contributed by atoms with Crippen molar-refractivity contribution in [2.24, 2.45) is 7.05 Å². The molecule has 1 aromatic heterocycles. The van der Waals surface area contributed by atoms with E-state index in [4.69, 9.17) is 0 Å². The van der Waals surface area contributed by atoms with Gasteiger partial charge in [-0.2, -0.15) is 0 Å². The average Bonchev–Trinajstić information content (AvgIpc) is 2.91. The van der Waals surface area contributed by atoms with Crippen molar-refractivity contribution in [3.8, 4) is 0 Å². The molecule has 5 nitrogen and oxygen atoms in total. The Hall–Kier alpha value is -2.43. The molecule has 0 N–H and O–H groups in total. The van der Waals surface area contributed by atoms with Crippen molar-refractivity contribution in [2.45, 2.75) is 44.9 Å². The number of carbonyl (C=O) groups excluding carboxylic acids is 1. The Kier molecular flexibility index (Phi) is 4.39. The Morgan fingerprint density at radius 2 is 1.96 bits per heavy atom. The molecule has 0 unspecified atom stereocenters. The predicted octanol–water partition coefficient (Wildman–Crippen LogP) is 2.14. The summed E-state index contributed by atoms with van der Waals surface area (Å²) in [6.07, 6.45) is 3.96. The van der Waals surface area contributed by atoms with Crippen LogP contribution in [-0.2, 0) is 31.1 Å². The largest absolute Gasteiger partial charge is 0.342 e. The van der Waals surface area contributed by atoms with E-state index >= 15 is 0 Å². The fourth-order valence-electron chi connectivity index (χ4n) is 4.31. The zero-order valence-corrected chi connectivity index (χ0v) is 15.5. The van der Waals surface area contributed by atoms with Gasteiger partial charge in [0.1, 0.15) is 5.82 Å². The third kappa shape index (κ3) is 2.96. The van der Waals surface area contributed by atoms with E-state index in [9.17, 15) is 9.59 Å². The molecule has 2 aromatic rings. The number of hydrogen-bond donors (Lipinski definition) is 0. The number of aromatic nitrogens is 2. The molecular formula is C21H25N3O2. The van der Waals surface area contributed by atoms with Crippen LogP contribution in [0.4, 0.5) is 0 Å². The fraction of sp³-hybridized carbons (Fsp3) is 0.476. The van der Waals surface area contributed by atoms with Crippen LogP contribution in [0.15, 0.2) is 29.1 Å². The van der Waals surface area contributed by atoms with Gasteiger partial charge >= 0.3 is 0 Å². The lowest BCUT2D eigenvalue weighted by molar-refractivity contribution is -0.131. The van der Waals surface area contributed by atoms with Gasteiger partial charge in [0, 0.05) is 38.5 Å². The highest BCUT2D eigenvalue weighted by Crippen LogP contribution is 2.35. The minimum Gasteiger partial charge on any atom is -0.342 e. The molecule has 1 atom stereocenters. The second kappa shape index (κ2) is 6.71. The standard InChI is InChI=1S/C21H25N3O2/c1-14-22-19-10-12-24(11-9-18(19)21(26)23(14)2)20(25)13-16-8-7-15-5-3-4-6-17(15)16/h3-6,16H,7-13H2,1-2H3/t16-/m1/s1. The SMILES string of the molecule is Cc1nc2c(c(=O)n1C)CCN(C(=O)C[C@H]1CCc3ccccc31)CC2. The lowest BCUT2D eigenvalue weighted by Crippen LogP contribution is -2.34. The minimum absolute atomic E-state index is 0.0338. The molecular weight excluding hydrogens is 326 g/mol. The van der Waals surface area contributed by atoms with E-state index in [2.05, 4.69) is 29.2 Å². The van der Waals surface area contributed by atoms with Crippen molar-refractivity contribution in [1.82, 2.24) is 14.5 Å². The Labute approximate surface area is 153 Å². The molecule has 26 heavy (non-hydrogen) atoms. The molecule has 0 bridgehead atoms. The van der Waals surface area contributed by atoms with Gasteiger partial charge in [0.2, 0.25) is 5.91 Å². The van der Waals surface area contributed by atoms with Gasteiger partial charge < -0.3 is 4.90 Å². The zero-order chi connectivity index (χ0) is 18.3. The highest BCUT2D eigenvalue weighted by atomic mass is 16.2. The van der Waals surface area contributed by atoms with Crippen LogP contribution >= 0.6 is 0 Å². The maximum atomic E-state index is 12.9. The fourth-order valence-corrected chi connectivity index (χ4v) is 4.31. The molecule has 136 valence electrons. The summed E-state index contributed by atoms with van der Waals surface area (Å²) in [6.45, 7) is 3.12. The van der Waals surface area contributed by atoms with Crippen molar-refractivity contribution in [3.05, 3.63) is 62.8 Å². The third-order valence-corrected chi connectivity index (χ3v) is 5.97. The number of carbonyl (C=O) groups is 1. The van der Waals surface area contributed by atoms with E-state index < -0.39 is 0 Å². The number of aryl methyl sites for hydroxylation is 2. The van der Waals surface area contributed by atoms with Crippen molar-refractivity contribution in [1.29, 1.82) is 0 Å². The monoisotopic (exact) mass is 351 g/mol. The van der Waals surface area contributed by atoms with Crippen LogP contribution in [0.1, 0.15) is 47.0 Å². The summed E-state index contributed by atoms with van der Waals surface area (Å²) in [5, 5.41) is 0. The molecule has 4 rings (SSSR count). The minimum atomic E-state index is 0.0338. The number of amides is 1. The lowest BCUT2D eigenvalue weighted by Gasteiger charge is -2.22. The van der Waals surface area contributed by atoms with Gasteiger partial charge in [-0.25, -0.2) is 4.98 Å². The molecule has 1 aromatic carbocycles. The summed E-state index contributed by atoms with van der Waals surface area (Å²) in [5.41, 5.74) is 4.40. The van der Waals surface area contributed by atoms with Gasteiger partial charge in [0.05, 0.1) is 5.69 Å². The van der Waals surface area contributed by atoms with E-state index in [1.807, 2.05) is 11.8 Å². The van der Waals surface area contributed by atoms with E-state index in [0.29, 0.717) is 38.3 Å². The summed E-state index contributed by atoms with van der Waals surface area (Å²) >= 11 is 0. The first-order chi connectivity index (χ1) is 12.5. The maximum Gasteiger partial charge on any atom is 0.256 e. The van der Waals surface area contributed by atoms with Gasteiger partial charge in [0.15, 0.2) is 0 Å². The molecule has 1 aliphatic heterocycles. The Morgan fingerprint density at radius 3 is 2.81 bits per heavy atom. The van der Waals surface area contributed by atoms with E-state index in [1.54, 1.807) is 11.6 Å². The van der Waals surface area contributed by atoms with Gasteiger partial charge in [-0.1, -0.05) is 24.3 Å². The summed E-state index contributed by atoms with van der Waals surface area (Å²) in [6, 6.07) is 8.47. The Balaban J connectivity index is 1.48. The molecule has 5 heteroatoms. The van der Waals surface area contributed by atoms with E-state index in [-0.39, 0.29) is 11.5 Å². The maximum absolute atomic E-state index is 12.9. The van der Waals surface area contributed by atoms with Gasteiger partial charge in [0.25, 0.3) is 5.56 Å². The number of fused-ring (bicyclic) bond motifs is 2. The Bertz CT molecular complexity index is 916. The molecule has 0 radical (unpaired) electrons. The topological polar surface area (TPSA) is 55.2 Å². The van der Waals surface area contributed by atoms with E-state index in [0.717, 1.165) is 29.9 Å². The molecule has 0 saturated heterocycles. The molecule has 0 saturated carbocycles. The first-order valence-corrected chi connectivity index (χ1v) is 9.45. The van der Waals surface area contributed by atoms with Crippen molar-refractivity contribution in [2.75, 3.05) is 13.1 Å². The number of rotatable bonds is 2. The van der Waals surface area contributed by atoms with Gasteiger partial charge in [-0.15, -0.1) is 0 Å². The number of benzene rings is 1. The van der Waals surface area contributed by atoms with Crippen LogP contribution in [0.5, 0.6) is 0 Å². The first-order valence-electron chi connectivity index (χ1n) is 9.45. The quantitative estimate of drug-likeness (QED) is 0.833. The number of hydrogen-bond acceptors (Lipinski definition) is 3. The van der Waals surface area contributed by atoms with Crippen LogP contribution in [0.3, 0.4) is 0 Å². The van der Waals surface area contributed by atoms with Crippen LogP contribution < -0.4 is 5.56 Å². The Morgan fingerprint density at radius 1 is 1.19 bits per heavy atom. The highest BCUT2D eigenvalue weighted by Gasteiger charge is 2.28. The van der Waals surface area contributed by atoms with Crippen LogP contribution in [0, 0.1) is 6.92 Å². The van der Waals surface area contributed by atoms with Crippen LogP contribution in [0.25, 0.3) is 0 Å². The molecule has 0 spiro atoms. The number of nitrogens with zero attached hydrogens (tertiary/aromatic N) is 3. The van der Waals surface area contributed by atoms with E-state index in [1.165, 1.54) is 11.1 Å². The zero-order valence-electron chi connectivity index (χ0n) is 15.5. The van der Waals surface area contributed by atoms with Crippen molar-refractivity contribution in [3.63, 3.8) is 0 Å². The molecule has 2 heterocycles. The average molecular weight is 351 g/mol. The highest BCUT2D eigenvalue weighted by molar-refractivity contribution is 5.77. The molecule has 1 aliphatic carbocycles. The molecule has 2 aliphatic rings. The van der Waals surface area contributed by atoms with Crippen molar-refractivity contribution >= 4 is 5.91 Å². The molecule has 0 fully saturated rings. The summed E-state index contributed by atoms with van der Waals surface area (Å²) < 4.78 is 1.60. The first kappa shape index (κ1) is 17.0. The summed E-state index contributed by atoms with van der Waals surface area (Å²) in [4.78, 5) is 31.9. The second-order valence-electron chi connectivity index (χ2n) is 7.47. The smallest absolute Gasteiger partial charge is 0.256 e. The lowest BCUT2D eigenvalue weighted by atomic mass is 9.97. The third-order valence-electron chi connectivity index (χ3n) is 5.97. The molecule has 1 amide bonds. The normalized spacial score (nSPS) is 19.0.